The fourth-order valence-electron chi connectivity index (χ4n) is 0.670. The molecular weight excluding hydrogens is 168 g/mol. The Morgan fingerprint density at radius 2 is 2.62 bits per heavy atom. The van der Waals surface area contributed by atoms with E-state index in [1.54, 1.807) is 12.3 Å². The van der Waals surface area contributed by atoms with E-state index in [0.717, 1.165) is 0 Å². The summed E-state index contributed by atoms with van der Waals surface area (Å²) in [4.78, 5) is 8.47. The molecule has 0 aromatic carbocycles. The van der Waals surface area contributed by atoms with E-state index in [2.05, 4.69) is 20.9 Å². The zero-order valence-electron chi connectivity index (χ0n) is 6.84. The van der Waals surface area contributed by atoms with E-state index in [0.29, 0.717) is 5.69 Å². The van der Waals surface area contributed by atoms with Crippen molar-refractivity contribution in [1.29, 1.82) is 0 Å². The molecule has 1 N–H and O–H groups in total. The van der Waals surface area contributed by atoms with Crippen molar-refractivity contribution in [2.75, 3.05) is 6.61 Å². The van der Waals surface area contributed by atoms with E-state index in [-0.39, 0.29) is 12.4 Å². The maximum Gasteiger partial charge on any atom is 0.177 e. The lowest BCUT2D eigenvalue weighted by atomic mass is 10.3. The minimum atomic E-state index is 0.0514. The van der Waals surface area contributed by atoms with E-state index in [1.165, 1.54) is 12.3 Å². The molecule has 4 nitrogen and oxygen atoms in total. The second kappa shape index (κ2) is 4.78. The van der Waals surface area contributed by atoms with Gasteiger partial charge in [0.2, 0.25) is 0 Å². The number of nitrogens with zero attached hydrogens (tertiary/aromatic N) is 2. The highest BCUT2D eigenvalue weighted by Crippen LogP contribution is 2.09. The van der Waals surface area contributed by atoms with Gasteiger partial charge in [0.15, 0.2) is 6.61 Å². The fraction of sp³-hybridized carbons (Fsp3) is 0.111. The summed E-state index contributed by atoms with van der Waals surface area (Å²) >= 11 is 0. The van der Waals surface area contributed by atoms with Gasteiger partial charge >= 0.3 is 0 Å². The lowest BCUT2D eigenvalue weighted by Crippen LogP contribution is -1.89. The second-order valence-electron chi connectivity index (χ2n) is 2.12. The Morgan fingerprint density at radius 3 is 3.31 bits per heavy atom. The molecule has 0 fully saturated rings. The van der Waals surface area contributed by atoms with Crippen LogP contribution in [0.25, 0.3) is 0 Å². The highest BCUT2D eigenvalue weighted by atomic mass is 16.6. The Morgan fingerprint density at radius 1 is 1.77 bits per heavy atom. The molecular formula is C9H8N2O2. The van der Waals surface area contributed by atoms with Gasteiger partial charge in [0.25, 0.3) is 0 Å². The van der Waals surface area contributed by atoms with Gasteiger partial charge in [-0.15, -0.1) is 6.42 Å². The normalized spacial score (nSPS) is 9.77. The van der Waals surface area contributed by atoms with Crippen molar-refractivity contribution >= 4 is 6.21 Å². The predicted octanol–water partition coefficient (Wildman–Crippen LogP) is 0.771. The standard InChI is InChI=1S/C9H8N2O2/c1-2-6-13-11-7-8-9(12)4-3-5-10-8/h1,3-5,7,12H,6H2/b11-7+. The fourth-order valence-corrected chi connectivity index (χ4v) is 0.670. The molecule has 0 aliphatic carbocycles. The summed E-state index contributed by atoms with van der Waals surface area (Å²) in [5.41, 5.74) is 0.347. The highest BCUT2D eigenvalue weighted by Gasteiger charge is 1.95. The van der Waals surface area contributed by atoms with Gasteiger partial charge in [-0.2, -0.15) is 0 Å². The van der Waals surface area contributed by atoms with Crippen LogP contribution in [0.3, 0.4) is 0 Å². The van der Waals surface area contributed by atoms with Crippen molar-refractivity contribution < 1.29 is 9.94 Å². The minimum absolute atomic E-state index is 0.0514. The zero-order valence-corrected chi connectivity index (χ0v) is 6.84. The second-order valence-corrected chi connectivity index (χ2v) is 2.12. The average molecular weight is 176 g/mol. The molecule has 66 valence electrons. The van der Waals surface area contributed by atoms with Gasteiger partial charge in [-0.05, 0) is 12.1 Å². The summed E-state index contributed by atoms with van der Waals surface area (Å²) in [7, 11) is 0. The molecule has 0 saturated heterocycles. The van der Waals surface area contributed by atoms with E-state index < -0.39 is 0 Å². The third-order valence-electron chi connectivity index (χ3n) is 1.21. The maximum absolute atomic E-state index is 9.22. The first kappa shape index (κ1) is 9.07. The molecule has 0 saturated carbocycles. The van der Waals surface area contributed by atoms with E-state index in [1.807, 2.05) is 0 Å². The number of pyridine rings is 1. The van der Waals surface area contributed by atoms with Crippen LogP contribution < -0.4 is 0 Å². The minimum Gasteiger partial charge on any atom is -0.506 e. The number of hydrogen-bond acceptors (Lipinski definition) is 4. The number of terminal acetylenes is 1. The number of aromatic hydroxyl groups is 1. The van der Waals surface area contributed by atoms with Gasteiger partial charge in [0.1, 0.15) is 11.4 Å². The molecule has 1 aromatic heterocycles. The molecule has 0 atom stereocenters. The van der Waals surface area contributed by atoms with Crippen LogP contribution in [-0.4, -0.2) is 22.9 Å². The van der Waals surface area contributed by atoms with Crippen LogP contribution in [0.2, 0.25) is 0 Å². The molecule has 1 aromatic rings. The monoisotopic (exact) mass is 176 g/mol. The van der Waals surface area contributed by atoms with Crippen LogP contribution in [0, 0.1) is 12.3 Å². The van der Waals surface area contributed by atoms with Crippen LogP contribution in [0.5, 0.6) is 5.75 Å². The van der Waals surface area contributed by atoms with Gasteiger partial charge in [-0.3, -0.25) is 4.98 Å². The number of rotatable bonds is 3. The van der Waals surface area contributed by atoms with Crippen LogP contribution in [-0.2, 0) is 4.84 Å². The quantitative estimate of drug-likeness (QED) is 0.320. The average Bonchev–Trinajstić information content (AvgIpc) is 2.15. The summed E-state index contributed by atoms with van der Waals surface area (Å²) in [6, 6.07) is 3.13. The molecule has 4 heteroatoms. The van der Waals surface area contributed by atoms with Crippen LogP contribution in [0.15, 0.2) is 23.5 Å². The first-order valence-electron chi connectivity index (χ1n) is 3.57. The van der Waals surface area contributed by atoms with Crippen LogP contribution >= 0.6 is 0 Å². The molecule has 0 bridgehead atoms. The lowest BCUT2D eigenvalue weighted by Gasteiger charge is -1.94. The van der Waals surface area contributed by atoms with Gasteiger partial charge in [0, 0.05) is 6.20 Å². The molecule has 0 aliphatic heterocycles. The molecule has 0 aliphatic rings. The first-order chi connectivity index (χ1) is 6.34. The van der Waals surface area contributed by atoms with Crippen molar-refractivity contribution in [3.8, 4) is 18.1 Å². The number of hydrogen-bond donors (Lipinski definition) is 1. The molecule has 1 rings (SSSR count). The van der Waals surface area contributed by atoms with Gasteiger partial charge in [-0.1, -0.05) is 11.1 Å². The van der Waals surface area contributed by atoms with Crippen molar-refractivity contribution in [2.24, 2.45) is 5.16 Å². The highest BCUT2D eigenvalue weighted by molar-refractivity contribution is 5.79. The summed E-state index contributed by atoms with van der Waals surface area (Å²) in [6.07, 6.45) is 7.77. The van der Waals surface area contributed by atoms with Gasteiger partial charge < -0.3 is 9.94 Å². The molecule has 0 unspecified atom stereocenters. The summed E-state index contributed by atoms with van der Waals surface area (Å²) in [5, 5.41) is 12.7. The summed E-state index contributed by atoms with van der Waals surface area (Å²) in [6.45, 7) is 0.101. The Balaban J connectivity index is 2.59. The van der Waals surface area contributed by atoms with Crippen molar-refractivity contribution in [1.82, 2.24) is 4.98 Å². The Labute approximate surface area is 75.9 Å². The lowest BCUT2D eigenvalue weighted by molar-refractivity contribution is 0.181. The van der Waals surface area contributed by atoms with E-state index >= 15 is 0 Å². The topological polar surface area (TPSA) is 54.7 Å². The third-order valence-corrected chi connectivity index (χ3v) is 1.21. The molecule has 13 heavy (non-hydrogen) atoms. The van der Waals surface area contributed by atoms with E-state index in [9.17, 15) is 5.11 Å². The van der Waals surface area contributed by atoms with Crippen LogP contribution in [0.1, 0.15) is 5.69 Å². The Kier molecular flexibility index (Phi) is 3.33. The predicted molar refractivity (Wildman–Crippen MR) is 48.3 cm³/mol. The van der Waals surface area contributed by atoms with E-state index in [4.69, 9.17) is 6.42 Å². The van der Waals surface area contributed by atoms with Crippen molar-refractivity contribution in [3.63, 3.8) is 0 Å². The molecule has 1 heterocycles. The smallest absolute Gasteiger partial charge is 0.177 e. The van der Waals surface area contributed by atoms with Crippen LogP contribution in [0.4, 0.5) is 0 Å². The molecule has 0 amide bonds. The first-order valence-corrected chi connectivity index (χ1v) is 3.57. The zero-order chi connectivity index (χ0) is 9.52. The Hall–Kier alpha value is -2.02. The number of oxime groups is 1. The summed E-state index contributed by atoms with van der Waals surface area (Å²) in [5.74, 6) is 2.30. The van der Waals surface area contributed by atoms with Crippen molar-refractivity contribution in [2.45, 2.75) is 0 Å². The SMILES string of the molecule is C#CCO/N=C/c1ncccc1O. The largest absolute Gasteiger partial charge is 0.506 e. The third kappa shape index (κ3) is 2.83. The van der Waals surface area contributed by atoms with Gasteiger partial charge in [0.05, 0.1) is 6.21 Å². The van der Waals surface area contributed by atoms with Gasteiger partial charge in [-0.25, -0.2) is 0 Å². The summed E-state index contributed by atoms with van der Waals surface area (Å²) < 4.78 is 0. The van der Waals surface area contributed by atoms with Crippen molar-refractivity contribution in [3.05, 3.63) is 24.0 Å². The molecule has 0 radical (unpaired) electrons. The maximum atomic E-state index is 9.22. The molecule has 0 spiro atoms. The number of aromatic nitrogens is 1. The Bertz CT molecular complexity index is 342.